The molecule has 1 atom stereocenters. The number of amides is 1. The van der Waals surface area contributed by atoms with E-state index in [2.05, 4.69) is 6.92 Å². The summed E-state index contributed by atoms with van der Waals surface area (Å²) >= 11 is 0. The molecular formula is C24H23N3O3. The van der Waals surface area contributed by atoms with E-state index >= 15 is 0 Å². The average molecular weight is 401 g/mol. The van der Waals surface area contributed by atoms with Crippen LogP contribution in [0.5, 0.6) is 0 Å². The highest BCUT2D eigenvalue weighted by molar-refractivity contribution is 5.91. The SMILES string of the molecule is CCc1ccc(-n2c(C(C)N(C)C(=O)c3ccco3)nc3ccccc3c2=O)cc1. The summed E-state index contributed by atoms with van der Waals surface area (Å²) in [6.07, 6.45) is 2.38. The van der Waals surface area contributed by atoms with Gasteiger partial charge in [0.1, 0.15) is 5.82 Å². The third kappa shape index (κ3) is 3.41. The lowest BCUT2D eigenvalue weighted by atomic mass is 10.1. The van der Waals surface area contributed by atoms with Gasteiger partial charge in [0.2, 0.25) is 0 Å². The summed E-state index contributed by atoms with van der Waals surface area (Å²) in [6.45, 7) is 3.94. The van der Waals surface area contributed by atoms with Crippen LogP contribution in [0.2, 0.25) is 0 Å². The van der Waals surface area contributed by atoms with Crippen molar-refractivity contribution in [2.75, 3.05) is 7.05 Å². The number of carbonyl (C=O) groups excluding carboxylic acids is 1. The molecule has 0 bridgehead atoms. The Morgan fingerprint density at radius 2 is 1.83 bits per heavy atom. The molecule has 0 fully saturated rings. The van der Waals surface area contributed by atoms with E-state index in [4.69, 9.17) is 9.40 Å². The molecular weight excluding hydrogens is 378 g/mol. The van der Waals surface area contributed by atoms with E-state index in [1.54, 1.807) is 29.8 Å². The summed E-state index contributed by atoms with van der Waals surface area (Å²) in [4.78, 5) is 32.6. The van der Waals surface area contributed by atoms with Crippen molar-refractivity contribution in [2.45, 2.75) is 26.3 Å². The summed E-state index contributed by atoms with van der Waals surface area (Å²) < 4.78 is 6.85. The monoisotopic (exact) mass is 401 g/mol. The van der Waals surface area contributed by atoms with Gasteiger partial charge in [0, 0.05) is 7.05 Å². The number of benzene rings is 2. The number of para-hydroxylation sites is 1. The fourth-order valence-electron chi connectivity index (χ4n) is 3.48. The molecule has 0 aliphatic carbocycles. The average Bonchev–Trinajstić information content (AvgIpc) is 3.32. The van der Waals surface area contributed by atoms with Crippen molar-refractivity contribution in [3.63, 3.8) is 0 Å². The number of hydrogen-bond donors (Lipinski definition) is 0. The van der Waals surface area contributed by atoms with Gasteiger partial charge in [-0.1, -0.05) is 31.2 Å². The molecule has 4 aromatic rings. The smallest absolute Gasteiger partial charge is 0.289 e. The molecule has 1 unspecified atom stereocenters. The van der Waals surface area contributed by atoms with Crippen molar-refractivity contribution >= 4 is 16.8 Å². The highest BCUT2D eigenvalue weighted by Gasteiger charge is 2.26. The Hall–Kier alpha value is -3.67. The number of fused-ring (bicyclic) bond motifs is 1. The van der Waals surface area contributed by atoms with Crippen molar-refractivity contribution in [2.24, 2.45) is 0 Å². The van der Waals surface area contributed by atoms with E-state index in [1.165, 1.54) is 16.7 Å². The van der Waals surface area contributed by atoms with Crippen LogP contribution in [0.25, 0.3) is 16.6 Å². The topological polar surface area (TPSA) is 68.3 Å². The van der Waals surface area contributed by atoms with Crippen molar-refractivity contribution in [3.05, 3.63) is 94.4 Å². The van der Waals surface area contributed by atoms with E-state index in [-0.39, 0.29) is 17.2 Å². The molecule has 0 aliphatic heterocycles. The Morgan fingerprint density at radius 3 is 2.50 bits per heavy atom. The fraction of sp³-hybridized carbons (Fsp3) is 0.208. The van der Waals surface area contributed by atoms with Gasteiger partial charge in [0.25, 0.3) is 11.5 Å². The molecule has 0 saturated carbocycles. The van der Waals surface area contributed by atoms with Crippen LogP contribution in [-0.2, 0) is 6.42 Å². The predicted octanol–water partition coefficient (Wildman–Crippen LogP) is 4.37. The molecule has 2 aromatic heterocycles. The summed E-state index contributed by atoms with van der Waals surface area (Å²) in [5.74, 6) is 0.458. The van der Waals surface area contributed by atoms with Gasteiger partial charge in [-0.15, -0.1) is 0 Å². The number of aryl methyl sites for hydroxylation is 1. The van der Waals surface area contributed by atoms with Gasteiger partial charge >= 0.3 is 0 Å². The molecule has 6 nitrogen and oxygen atoms in total. The summed E-state index contributed by atoms with van der Waals surface area (Å²) in [6, 6.07) is 17.9. The van der Waals surface area contributed by atoms with Gasteiger partial charge in [-0.3, -0.25) is 14.2 Å². The largest absolute Gasteiger partial charge is 0.459 e. The second kappa shape index (κ2) is 7.99. The van der Waals surface area contributed by atoms with Gasteiger partial charge in [0.05, 0.1) is 28.9 Å². The standard InChI is InChI=1S/C24H23N3O3/c1-4-17-11-13-18(14-12-17)27-22(25-20-9-6-5-8-19(20)23(27)28)16(2)26(3)24(29)21-10-7-15-30-21/h5-16H,4H2,1-3H3. The molecule has 2 aromatic carbocycles. The number of hydrogen-bond acceptors (Lipinski definition) is 4. The first-order chi connectivity index (χ1) is 14.5. The first kappa shape index (κ1) is 19.6. The van der Waals surface area contributed by atoms with E-state index in [0.717, 1.165) is 12.1 Å². The second-order valence-corrected chi connectivity index (χ2v) is 7.22. The second-order valence-electron chi connectivity index (χ2n) is 7.22. The van der Waals surface area contributed by atoms with E-state index in [1.807, 2.05) is 49.4 Å². The lowest BCUT2D eigenvalue weighted by Crippen LogP contribution is -2.34. The molecule has 1 amide bonds. The van der Waals surface area contributed by atoms with Gasteiger partial charge in [0.15, 0.2) is 5.76 Å². The van der Waals surface area contributed by atoms with Crippen molar-refractivity contribution in [1.82, 2.24) is 14.5 Å². The Morgan fingerprint density at radius 1 is 1.10 bits per heavy atom. The number of nitrogens with zero attached hydrogens (tertiary/aromatic N) is 3. The molecule has 6 heteroatoms. The normalized spacial score (nSPS) is 12.1. The number of furan rings is 1. The highest BCUT2D eigenvalue weighted by atomic mass is 16.3. The van der Waals surface area contributed by atoms with Crippen molar-refractivity contribution in [3.8, 4) is 5.69 Å². The third-order valence-corrected chi connectivity index (χ3v) is 5.41. The Bertz CT molecular complexity index is 1240. The zero-order chi connectivity index (χ0) is 21.3. The summed E-state index contributed by atoms with van der Waals surface area (Å²) in [5, 5.41) is 0.535. The third-order valence-electron chi connectivity index (χ3n) is 5.41. The van der Waals surface area contributed by atoms with Crippen LogP contribution in [0.15, 0.2) is 76.1 Å². The number of carbonyl (C=O) groups is 1. The van der Waals surface area contributed by atoms with Crippen LogP contribution in [0, 0.1) is 0 Å². The van der Waals surface area contributed by atoms with Gasteiger partial charge in [-0.2, -0.15) is 0 Å². The van der Waals surface area contributed by atoms with Crippen LogP contribution >= 0.6 is 0 Å². The van der Waals surface area contributed by atoms with Gasteiger partial charge < -0.3 is 9.32 Å². The Labute approximate surface area is 174 Å². The minimum Gasteiger partial charge on any atom is -0.459 e. The molecule has 152 valence electrons. The number of rotatable bonds is 5. The van der Waals surface area contributed by atoms with Crippen LogP contribution in [-0.4, -0.2) is 27.4 Å². The van der Waals surface area contributed by atoms with Crippen LogP contribution in [0.1, 0.15) is 41.8 Å². The van der Waals surface area contributed by atoms with Gasteiger partial charge in [-0.05, 0) is 55.3 Å². The maximum absolute atomic E-state index is 13.4. The summed E-state index contributed by atoms with van der Waals surface area (Å²) in [5.41, 5.74) is 2.34. The Kier molecular flexibility index (Phi) is 5.23. The van der Waals surface area contributed by atoms with Gasteiger partial charge in [-0.25, -0.2) is 4.98 Å². The van der Waals surface area contributed by atoms with E-state index in [9.17, 15) is 9.59 Å². The maximum atomic E-state index is 13.4. The zero-order valence-corrected chi connectivity index (χ0v) is 17.2. The molecule has 0 aliphatic rings. The molecule has 0 saturated heterocycles. The van der Waals surface area contributed by atoms with Crippen molar-refractivity contribution < 1.29 is 9.21 Å². The lowest BCUT2D eigenvalue weighted by molar-refractivity contribution is 0.0702. The van der Waals surface area contributed by atoms with E-state index in [0.29, 0.717) is 16.7 Å². The zero-order valence-electron chi connectivity index (χ0n) is 17.2. The molecule has 0 spiro atoms. The minimum atomic E-state index is -0.467. The van der Waals surface area contributed by atoms with Crippen LogP contribution in [0.4, 0.5) is 0 Å². The maximum Gasteiger partial charge on any atom is 0.289 e. The lowest BCUT2D eigenvalue weighted by Gasteiger charge is -2.26. The predicted molar refractivity (Wildman–Crippen MR) is 116 cm³/mol. The highest BCUT2D eigenvalue weighted by Crippen LogP contribution is 2.23. The first-order valence-electron chi connectivity index (χ1n) is 9.93. The molecule has 4 rings (SSSR count). The quantitative estimate of drug-likeness (QED) is 0.498. The van der Waals surface area contributed by atoms with Crippen LogP contribution < -0.4 is 5.56 Å². The molecule has 30 heavy (non-hydrogen) atoms. The first-order valence-corrected chi connectivity index (χ1v) is 9.93. The Balaban J connectivity index is 1.88. The van der Waals surface area contributed by atoms with Crippen molar-refractivity contribution in [1.29, 1.82) is 0 Å². The molecule has 0 radical (unpaired) electrons. The number of aromatic nitrogens is 2. The summed E-state index contributed by atoms with van der Waals surface area (Å²) in [7, 11) is 1.68. The minimum absolute atomic E-state index is 0.162. The molecule has 2 heterocycles. The molecule has 0 N–H and O–H groups in total. The fourth-order valence-corrected chi connectivity index (χ4v) is 3.48. The van der Waals surface area contributed by atoms with Crippen LogP contribution in [0.3, 0.4) is 0 Å². The van der Waals surface area contributed by atoms with E-state index < -0.39 is 6.04 Å².